The second kappa shape index (κ2) is 6.69. The summed E-state index contributed by atoms with van der Waals surface area (Å²) in [5.74, 6) is 0.830. The van der Waals surface area contributed by atoms with Crippen LogP contribution in [0.15, 0.2) is 24.3 Å². The predicted molar refractivity (Wildman–Crippen MR) is 89.3 cm³/mol. The molecule has 0 radical (unpaired) electrons. The number of carbonyl (C=O) groups excluding carboxylic acids is 1. The Morgan fingerprint density at radius 2 is 1.64 bits per heavy atom. The molecule has 1 saturated heterocycles. The molecule has 22 heavy (non-hydrogen) atoms. The Morgan fingerprint density at radius 3 is 2.14 bits per heavy atom. The van der Waals surface area contributed by atoms with Crippen molar-refractivity contribution in [3.05, 3.63) is 29.8 Å². The van der Waals surface area contributed by atoms with Gasteiger partial charge in [-0.1, -0.05) is 32.9 Å². The van der Waals surface area contributed by atoms with E-state index in [4.69, 9.17) is 4.74 Å². The van der Waals surface area contributed by atoms with E-state index in [9.17, 15) is 4.79 Å². The second-order valence-corrected chi connectivity index (χ2v) is 7.16. The van der Waals surface area contributed by atoms with Crippen molar-refractivity contribution in [1.82, 2.24) is 9.80 Å². The lowest BCUT2D eigenvalue weighted by atomic mass is 9.87. The zero-order chi connectivity index (χ0) is 16.3. The van der Waals surface area contributed by atoms with Crippen LogP contribution in [-0.4, -0.2) is 55.0 Å². The van der Waals surface area contributed by atoms with Crippen LogP contribution in [0.2, 0.25) is 0 Å². The van der Waals surface area contributed by atoms with Gasteiger partial charge in [-0.05, 0) is 37.1 Å². The molecule has 4 nitrogen and oxygen atoms in total. The van der Waals surface area contributed by atoms with Crippen LogP contribution in [0.3, 0.4) is 0 Å². The molecular formula is C18H28N2O2. The van der Waals surface area contributed by atoms with Crippen LogP contribution in [0, 0.1) is 0 Å². The minimum absolute atomic E-state index is 0.0768. The number of likely N-dealkylation sites (N-methyl/N-ethyl adjacent to an activating group) is 1. The van der Waals surface area contributed by atoms with Gasteiger partial charge in [0.1, 0.15) is 5.75 Å². The lowest BCUT2D eigenvalue weighted by molar-refractivity contribution is -0.139. The minimum atomic E-state index is -0.441. The fourth-order valence-corrected chi connectivity index (χ4v) is 2.57. The van der Waals surface area contributed by atoms with E-state index in [0.29, 0.717) is 0 Å². The van der Waals surface area contributed by atoms with Gasteiger partial charge in [0.15, 0.2) is 6.10 Å². The lowest BCUT2D eigenvalue weighted by Crippen LogP contribution is -2.50. The number of hydrogen-bond donors (Lipinski definition) is 0. The Bertz CT molecular complexity index is 497. The Morgan fingerprint density at radius 1 is 1.09 bits per heavy atom. The molecule has 122 valence electrons. The zero-order valence-electron chi connectivity index (χ0n) is 14.4. The van der Waals surface area contributed by atoms with Crippen molar-refractivity contribution in [1.29, 1.82) is 0 Å². The molecule has 0 unspecified atom stereocenters. The van der Waals surface area contributed by atoms with Crippen molar-refractivity contribution in [2.75, 3.05) is 33.2 Å². The normalized spacial score (nSPS) is 18.1. The summed E-state index contributed by atoms with van der Waals surface area (Å²) in [4.78, 5) is 16.6. The van der Waals surface area contributed by atoms with Crippen LogP contribution in [0.4, 0.5) is 0 Å². The molecule has 0 saturated carbocycles. The second-order valence-electron chi connectivity index (χ2n) is 7.16. The zero-order valence-corrected chi connectivity index (χ0v) is 14.4. The molecule has 1 aromatic rings. The third-order valence-electron chi connectivity index (χ3n) is 4.20. The minimum Gasteiger partial charge on any atom is -0.481 e. The molecule has 0 N–H and O–H groups in total. The van der Waals surface area contributed by atoms with Gasteiger partial charge >= 0.3 is 0 Å². The number of nitrogens with zero attached hydrogens (tertiary/aromatic N) is 2. The van der Waals surface area contributed by atoms with Crippen molar-refractivity contribution in [3.63, 3.8) is 0 Å². The maximum Gasteiger partial charge on any atom is 0.263 e. The molecule has 1 aromatic carbocycles. The smallest absolute Gasteiger partial charge is 0.263 e. The van der Waals surface area contributed by atoms with E-state index in [0.717, 1.165) is 31.9 Å². The Balaban J connectivity index is 1.93. The van der Waals surface area contributed by atoms with Crippen LogP contribution < -0.4 is 4.74 Å². The van der Waals surface area contributed by atoms with Gasteiger partial charge in [-0.15, -0.1) is 0 Å². The molecule has 1 heterocycles. The highest BCUT2D eigenvalue weighted by Gasteiger charge is 2.25. The van der Waals surface area contributed by atoms with Crippen molar-refractivity contribution >= 4 is 5.91 Å². The SMILES string of the molecule is C[C@@H](Oc1ccc(C(C)(C)C)cc1)C(=O)N1CCN(C)CC1. The number of ether oxygens (including phenoxy) is 1. The Hall–Kier alpha value is -1.55. The lowest BCUT2D eigenvalue weighted by Gasteiger charge is -2.33. The summed E-state index contributed by atoms with van der Waals surface area (Å²) >= 11 is 0. The largest absolute Gasteiger partial charge is 0.481 e. The van der Waals surface area contributed by atoms with E-state index in [-0.39, 0.29) is 11.3 Å². The first kappa shape index (κ1) is 16.8. The maximum atomic E-state index is 12.4. The summed E-state index contributed by atoms with van der Waals surface area (Å²) in [6, 6.07) is 8.05. The summed E-state index contributed by atoms with van der Waals surface area (Å²) in [5, 5.41) is 0. The van der Waals surface area contributed by atoms with Gasteiger partial charge in [0.2, 0.25) is 0 Å². The number of rotatable bonds is 3. The van der Waals surface area contributed by atoms with E-state index in [2.05, 4.69) is 44.9 Å². The standard InChI is InChI=1S/C18H28N2O2/c1-14(17(21)20-12-10-19(5)11-13-20)22-16-8-6-15(7-9-16)18(2,3)4/h6-9,14H,10-13H2,1-5H3/t14-/m1/s1. The van der Waals surface area contributed by atoms with E-state index < -0.39 is 6.10 Å². The summed E-state index contributed by atoms with van der Waals surface area (Å²) in [6.07, 6.45) is -0.441. The summed E-state index contributed by atoms with van der Waals surface area (Å²) < 4.78 is 5.82. The molecule has 0 spiro atoms. The van der Waals surface area contributed by atoms with Crippen molar-refractivity contribution in [2.24, 2.45) is 0 Å². The van der Waals surface area contributed by atoms with Gasteiger partial charge in [-0.25, -0.2) is 0 Å². The van der Waals surface area contributed by atoms with Gasteiger partial charge in [0.05, 0.1) is 0 Å². The van der Waals surface area contributed by atoms with Crippen molar-refractivity contribution in [3.8, 4) is 5.75 Å². The van der Waals surface area contributed by atoms with Gasteiger partial charge in [0, 0.05) is 26.2 Å². The Kier molecular flexibility index (Phi) is 5.12. The first-order valence-corrected chi connectivity index (χ1v) is 8.02. The molecule has 1 atom stereocenters. The average Bonchev–Trinajstić information content (AvgIpc) is 2.47. The molecule has 1 aliphatic heterocycles. The van der Waals surface area contributed by atoms with Crippen LogP contribution >= 0.6 is 0 Å². The fraction of sp³-hybridized carbons (Fsp3) is 0.611. The first-order chi connectivity index (χ1) is 10.3. The Labute approximate surface area is 134 Å². The highest BCUT2D eigenvalue weighted by atomic mass is 16.5. The van der Waals surface area contributed by atoms with Crippen molar-refractivity contribution < 1.29 is 9.53 Å². The van der Waals surface area contributed by atoms with Crippen LogP contribution in [-0.2, 0) is 10.2 Å². The van der Waals surface area contributed by atoms with Gasteiger partial charge in [0.25, 0.3) is 5.91 Å². The molecular weight excluding hydrogens is 276 g/mol. The third-order valence-corrected chi connectivity index (χ3v) is 4.20. The number of benzene rings is 1. The van der Waals surface area contributed by atoms with E-state index >= 15 is 0 Å². The first-order valence-electron chi connectivity index (χ1n) is 8.02. The highest BCUT2D eigenvalue weighted by Crippen LogP contribution is 2.24. The predicted octanol–water partition coefficient (Wildman–Crippen LogP) is 2.53. The number of piperazine rings is 1. The monoisotopic (exact) mass is 304 g/mol. The quantitative estimate of drug-likeness (QED) is 0.860. The third kappa shape index (κ3) is 4.23. The van der Waals surface area contributed by atoms with Crippen LogP contribution in [0.1, 0.15) is 33.3 Å². The summed E-state index contributed by atoms with van der Waals surface area (Å²) in [6.45, 7) is 11.8. The fourth-order valence-electron chi connectivity index (χ4n) is 2.57. The molecule has 2 rings (SSSR count). The van der Waals surface area contributed by atoms with E-state index in [1.165, 1.54) is 5.56 Å². The molecule has 4 heteroatoms. The van der Waals surface area contributed by atoms with Crippen molar-refractivity contribution in [2.45, 2.75) is 39.2 Å². The van der Waals surface area contributed by atoms with E-state index in [1.54, 1.807) is 0 Å². The number of amides is 1. The van der Waals surface area contributed by atoms with Gasteiger partial charge in [-0.3, -0.25) is 4.79 Å². The van der Waals surface area contributed by atoms with Gasteiger partial charge in [-0.2, -0.15) is 0 Å². The number of carbonyl (C=O) groups is 1. The van der Waals surface area contributed by atoms with E-state index in [1.807, 2.05) is 24.0 Å². The molecule has 1 aliphatic rings. The highest BCUT2D eigenvalue weighted by molar-refractivity contribution is 5.81. The number of hydrogen-bond acceptors (Lipinski definition) is 3. The average molecular weight is 304 g/mol. The topological polar surface area (TPSA) is 32.8 Å². The summed E-state index contributed by atoms with van der Waals surface area (Å²) in [5.41, 5.74) is 1.39. The molecule has 0 aromatic heterocycles. The van der Waals surface area contributed by atoms with Crippen LogP contribution in [0.25, 0.3) is 0 Å². The summed E-state index contributed by atoms with van der Waals surface area (Å²) in [7, 11) is 2.08. The molecule has 1 fully saturated rings. The molecule has 1 amide bonds. The molecule has 0 bridgehead atoms. The molecule has 0 aliphatic carbocycles. The van der Waals surface area contributed by atoms with Crippen LogP contribution in [0.5, 0.6) is 5.75 Å². The maximum absolute atomic E-state index is 12.4. The van der Waals surface area contributed by atoms with Gasteiger partial charge < -0.3 is 14.5 Å².